The molecule has 0 unspecified atom stereocenters. The van der Waals surface area contributed by atoms with E-state index in [-0.39, 0.29) is 57.2 Å². The Morgan fingerprint density at radius 3 is 2.08 bits per heavy atom. The third kappa shape index (κ3) is 7.72. The van der Waals surface area contributed by atoms with Crippen molar-refractivity contribution in [2.24, 2.45) is 27.9 Å². The van der Waals surface area contributed by atoms with Gasteiger partial charge in [0.1, 0.15) is 25.3 Å². The summed E-state index contributed by atoms with van der Waals surface area (Å²) >= 11 is 0. The number of aliphatic carboxylic acids is 1. The monoisotopic (exact) mass is 683 g/mol. The van der Waals surface area contributed by atoms with Crippen LogP contribution in [-0.4, -0.2) is 93.8 Å². The molecule has 0 aromatic heterocycles. The number of guanidine groups is 1. The van der Waals surface area contributed by atoms with E-state index in [1.54, 1.807) is 60.7 Å². The molecule has 48 heavy (non-hydrogen) atoms. The second-order valence-electron chi connectivity index (χ2n) is 12.4. The Bertz CT molecular complexity index is 1490. The van der Waals surface area contributed by atoms with Crippen LogP contribution in [0.5, 0.6) is 0 Å². The van der Waals surface area contributed by atoms with Crippen molar-refractivity contribution in [2.75, 3.05) is 19.6 Å². The number of carboxylic acid groups (broad SMARTS) is 1. The van der Waals surface area contributed by atoms with Gasteiger partial charge in [-0.3, -0.25) is 19.4 Å². The molecule has 2 fully saturated rings. The van der Waals surface area contributed by atoms with Crippen LogP contribution >= 0.6 is 7.14 Å². The number of amides is 2. The largest absolute Gasteiger partial charge is 0.479 e. The summed E-state index contributed by atoms with van der Waals surface area (Å²) in [5, 5.41) is 8.82. The minimum Gasteiger partial charge on any atom is -0.479 e. The van der Waals surface area contributed by atoms with Crippen LogP contribution in [0, 0.1) is 0 Å². The Morgan fingerprint density at radius 2 is 1.56 bits per heavy atom. The van der Waals surface area contributed by atoms with E-state index in [1.165, 1.54) is 11.8 Å². The maximum Gasteiger partial charge on any atom is 0.341 e. The van der Waals surface area contributed by atoms with Crippen molar-refractivity contribution >= 4 is 36.9 Å². The smallest absolute Gasteiger partial charge is 0.341 e. The minimum absolute atomic E-state index is 0.105. The van der Waals surface area contributed by atoms with Crippen LogP contribution in [-0.2, 0) is 40.8 Å². The van der Waals surface area contributed by atoms with Crippen molar-refractivity contribution in [1.82, 2.24) is 9.80 Å². The number of aliphatic imine (C=N–C) groups is 1. The summed E-state index contributed by atoms with van der Waals surface area (Å²) in [6.07, 6.45) is -0.766. The Balaban J connectivity index is 1.82. The number of rotatable bonds is 14. The molecule has 0 spiro atoms. The van der Waals surface area contributed by atoms with Gasteiger partial charge in [0.15, 0.2) is 5.96 Å². The molecule has 2 aromatic carbocycles. The SMILES string of the molecule is C[C@H](N)C(=O)N1CCC[C@H]1C(=O)N1CC[C@H](OC(=O)[C@@H](N)CCCN=C(N)N)[C@]1(C(=O)O)P(=O)(Cc1ccccc1)Cc1ccccc1. The molecule has 2 aliphatic rings. The van der Waals surface area contributed by atoms with Gasteiger partial charge in [-0.25, -0.2) is 4.79 Å². The van der Waals surface area contributed by atoms with Crippen LogP contribution in [0.1, 0.15) is 50.2 Å². The number of hydrogen-bond donors (Lipinski definition) is 5. The number of ether oxygens (including phenoxy) is 1. The van der Waals surface area contributed by atoms with Crippen molar-refractivity contribution in [3.63, 3.8) is 0 Å². The second-order valence-corrected chi connectivity index (χ2v) is 15.5. The molecule has 9 N–H and O–H groups in total. The summed E-state index contributed by atoms with van der Waals surface area (Å²) in [5.41, 5.74) is 24.0. The predicted molar refractivity (Wildman–Crippen MR) is 181 cm³/mol. The minimum atomic E-state index is -4.18. The molecule has 15 heteroatoms. The molecule has 2 aliphatic heterocycles. The van der Waals surface area contributed by atoms with Crippen LogP contribution < -0.4 is 22.9 Å². The number of esters is 1. The molecule has 5 atom stereocenters. The van der Waals surface area contributed by atoms with E-state index in [0.717, 1.165) is 4.90 Å². The highest BCUT2D eigenvalue weighted by molar-refractivity contribution is 7.65. The van der Waals surface area contributed by atoms with E-state index in [2.05, 4.69) is 4.99 Å². The van der Waals surface area contributed by atoms with E-state index in [1.807, 2.05) is 0 Å². The van der Waals surface area contributed by atoms with Crippen molar-refractivity contribution in [1.29, 1.82) is 0 Å². The number of carbonyl (C=O) groups is 4. The number of benzene rings is 2. The summed E-state index contributed by atoms with van der Waals surface area (Å²) < 4.78 is 21.8. The van der Waals surface area contributed by atoms with Gasteiger partial charge in [-0.1, -0.05) is 60.7 Å². The first-order chi connectivity index (χ1) is 22.8. The second kappa shape index (κ2) is 15.8. The zero-order chi connectivity index (χ0) is 35.1. The summed E-state index contributed by atoms with van der Waals surface area (Å²) in [6, 6.07) is 14.5. The fourth-order valence-electron chi connectivity index (χ4n) is 6.77. The lowest BCUT2D eigenvalue weighted by molar-refractivity contribution is -0.165. The zero-order valence-electron chi connectivity index (χ0n) is 27.1. The first kappa shape index (κ1) is 36.6. The maximum absolute atomic E-state index is 15.9. The van der Waals surface area contributed by atoms with Gasteiger partial charge in [0, 0.05) is 38.4 Å². The van der Waals surface area contributed by atoms with Gasteiger partial charge < -0.3 is 47.1 Å². The molecule has 260 valence electrons. The highest BCUT2D eigenvalue weighted by Crippen LogP contribution is 2.68. The third-order valence-electron chi connectivity index (χ3n) is 8.98. The third-order valence-corrected chi connectivity index (χ3v) is 12.7. The molecule has 2 amide bonds. The van der Waals surface area contributed by atoms with Crippen molar-refractivity contribution in [3.8, 4) is 0 Å². The van der Waals surface area contributed by atoms with E-state index < -0.39 is 60.4 Å². The number of hydrogen-bond acceptors (Lipinski definition) is 9. The Labute approximate surface area is 280 Å². The number of carboxylic acids is 1. The summed E-state index contributed by atoms with van der Waals surface area (Å²) in [4.78, 5) is 61.3. The molecular weight excluding hydrogens is 637 g/mol. The topological polar surface area (TPSA) is 238 Å². The van der Waals surface area contributed by atoms with Gasteiger partial charge in [0.05, 0.1) is 6.04 Å². The first-order valence-electron chi connectivity index (χ1n) is 16.1. The van der Waals surface area contributed by atoms with E-state index in [4.69, 9.17) is 27.7 Å². The summed E-state index contributed by atoms with van der Waals surface area (Å²) in [7, 11) is -4.18. The predicted octanol–water partition coefficient (Wildman–Crippen LogP) is 1.39. The van der Waals surface area contributed by atoms with Crippen LogP contribution in [0.2, 0.25) is 0 Å². The lowest BCUT2D eigenvalue weighted by Crippen LogP contribution is -2.63. The van der Waals surface area contributed by atoms with Gasteiger partial charge in [0.2, 0.25) is 17.1 Å². The Hall–Kier alpha value is -4.26. The molecule has 2 aromatic rings. The first-order valence-corrected chi connectivity index (χ1v) is 18.2. The normalized spacial score (nSPS) is 22.1. The molecule has 4 rings (SSSR count). The van der Waals surface area contributed by atoms with Crippen molar-refractivity contribution in [2.45, 2.75) is 80.9 Å². The van der Waals surface area contributed by atoms with Crippen LogP contribution in [0.3, 0.4) is 0 Å². The molecule has 0 aliphatic carbocycles. The number of nitrogens with two attached hydrogens (primary N) is 4. The van der Waals surface area contributed by atoms with E-state index in [9.17, 15) is 24.3 Å². The lowest BCUT2D eigenvalue weighted by Gasteiger charge is -2.45. The fourth-order valence-corrected chi connectivity index (χ4v) is 10.7. The zero-order valence-corrected chi connectivity index (χ0v) is 28.0. The molecule has 14 nitrogen and oxygen atoms in total. The lowest BCUT2D eigenvalue weighted by atomic mass is 10.1. The average molecular weight is 684 g/mol. The van der Waals surface area contributed by atoms with Gasteiger partial charge >= 0.3 is 11.9 Å². The quantitative estimate of drug-likeness (QED) is 0.0627. The number of carbonyl (C=O) groups excluding carboxylic acids is 3. The number of nitrogens with zero attached hydrogens (tertiary/aromatic N) is 3. The average Bonchev–Trinajstić information content (AvgIpc) is 3.69. The Morgan fingerprint density at radius 1 is 0.979 bits per heavy atom. The molecular formula is C33H46N7O7P. The molecule has 0 bridgehead atoms. The van der Waals surface area contributed by atoms with Crippen LogP contribution in [0.25, 0.3) is 0 Å². The van der Waals surface area contributed by atoms with Gasteiger partial charge in [0.25, 0.3) is 0 Å². The number of likely N-dealkylation sites (tertiary alicyclic amines) is 2. The summed E-state index contributed by atoms with van der Waals surface area (Å²) in [6.45, 7) is 1.83. The van der Waals surface area contributed by atoms with E-state index >= 15 is 4.57 Å². The van der Waals surface area contributed by atoms with Crippen molar-refractivity contribution in [3.05, 3.63) is 71.8 Å². The van der Waals surface area contributed by atoms with E-state index in [0.29, 0.717) is 24.0 Å². The molecule has 2 saturated heterocycles. The molecule has 0 saturated carbocycles. The maximum atomic E-state index is 15.9. The van der Waals surface area contributed by atoms with Gasteiger partial charge in [-0.2, -0.15) is 0 Å². The highest BCUT2D eigenvalue weighted by Gasteiger charge is 2.69. The standard InChI is InChI=1S/C33H46N7O7P/c1-22(34)28(41)39-18-9-15-26(39)29(42)40-19-16-27(47-30(43)25(35)14-8-17-38-32(36)37)33(40,31(44)45)48(46,20-23-10-4-2-5-11-23)21-24-12-6-3-7-13-24/h2-7,10-13,22,25-27H,8-9,14-21,34-35H2,1H3,(H,44,45)(H4,36,37,38)/t22-,25-,26-,27-,33+/m0/s1. The van der Waals surface area contributed by atoms with Crippen LogP contribution in [0.4, 0.5) is 0 Å². The molecule has 0 radical (unpaired) electrons. The summed E-state index contributed by atoms with van der Waals surface area (Å²) in [5.74, 6) is -3.69. The van der Waals surface area contributed by atoms with Crippen LogP contribution in [0.15, 0.2) is 65.7 Å². The Kier molecular flexibility index (Phi) is 12.0. The van der Waals surface area contributed by atoms with Crippen molar-refractivity contribution < 1.29 is 33.6 Å². The van der Waals surface area contributed by atoms with Gasteiger partial charge in [-0.05, 0) is 43.7 Å². The fraction of sp³-hybridized carbons (Fsp3) is 0.485. The van der Waals surface area contributed by atoms with Gasteiger partial charge in [-0.15, -0.1) is 0 Å². The highest BCUT2D eigenvalue weighted by atomic mass is 31.2. The molecule has 2 heterocycles.